The highest BCUT2D eigenvalue weighted by Gasteiger charge is 2.37. The molecule has 2 heteroatoms. The Morgan fingerprint density at radius 3 is 1.47 bits per heavy atom. The SMILES string of the molecule is CC1(C)c2ccccc2-c2ccc(N(c3ccc(-c4ccc5c6ccccc6n(-c6cc7ccccc7c7ccccc67)c5c4)cc3)c3ccc4c(c3)C(C)(C)c3ccccc3-4)cc21. The lowest BCUT2D eigenvalue weighted by molar-refractivity contribution is 0.660. The van der Waals surface area contributed by atoms with Gasteiger partial charge >= 0.3 is 0 Å². The molecule has 1 aromatic heterocycles. The molecule has 0 aliphatic heterocycles. The zero-order chi connectivity index (χ0) is 42.9. The number of nitrogens with zero attached hydrogens (tertiary/aromatic N) is 2. The number of anilines is 3. The molecule has 0 N–H and O–H groups in total. The minimum absolute atomic E-state index is 0.112. The topological polar surface area (TPSA) is 8.17 Å². The van der Waals surface area contributed by atoms with E-state index in [4.69, 9.17) is 0 Å². The molecule has 0 saturated carbocycles. The van der Waals surface area contributed by atoms with Crippen molar-refractivity contribution in [1.82, 2.24) is 4.57 Å². The number of hydrogen-bond acceptors (Lipinski definition) is 1. The molecule has 2 aliphatic rings. The Balaban J connectivity index is 0.964. The molecule has 10 aromatic carbocycles. The van der Waals surface area contributed by atoms with Crippen LogP contribution in [0.5, 0.6) is 0 Å². The molecule has 1 heterocycles. The summed E-state index contributed by atoms with van der Waals surface area (Å²) < 4.78 is 2.49. The zero-order valence-electron chi connectivity index (χ0n) is 36.5. The van der Waals surface area contributed by atoms with Gasteiger partial charge in [0.1, 0.15) is 0 Å². The van der Waals surface area contributed by atoms with E-state index in [1.54, 1.807) is 0 Å². The molecule has 0 fully saturated rings. The molecular formula is C62H46N2. The van der Waals surface area contributed by atoms with Crippen LogP contribution in [0.25, 0.3) is 82.4 Å². The summed E-state index contributed by atoms with van der Waals surface area (Å²) in [6.45, 7) is 9.48. The molecule has 64 heavy (non-hydrogen) atoms. The minimum atomic E-state index is -0.112. The maximum atomic E-state index is 2.49. The van der Waals surface area contributed by atoms with E-state index in [2.05, 4.69) is 243 Å². The second-order valence-electron chi connectivity index (χ2n) is 18.9. The lowest BCUT2D eigenvalue weighted by atomic mass is 9.82. The molecule has 0 bridgehead atoms. The Hall–Kier alpha value is -7.68. The van der Waals surface area contributed by atoms with Gasteiger partial charge in [-0.2, -0.15) is 0 Å². The molecule has 2 nitrogen and oxygen atoms in total. The summed E-state index contributed by atoms with van der Waals surface area (Å²) >= 11 is 0. The van der Waals surface area contributed by atoms with Gasteiger partial charge in [0.25, 0.3) is 0 Å². The molecule has 304 valence electrons. The van der Waals surface area contributed by atoms with Gasteiger partial charge in [0.05, 0.1) is 16.7 Å². The third kappa shape index (κ3) is 5.20. The second-order valence-corrected chi connectivity index (χ2v) is 18.9. The fourth-order valence-electron chi connectivity index (χ4n) is 11.5. The van der Waals surface area contributed by atoms with Crippen LogP contribution in [0, 0.1) is 0 Å². The maximum Gasteiger partial charge on any atom is 0.0547 e. The van der Waals surface area contributed by atoms with Gasteiger partial charge in [0, 0.05) is 44.1 Å². The normalized spacial score (nSPS) is 14.2. The van der Waals surface area contributed by atoms with E-state index in [1.807, 2.05) is 0 Å². The fourth-order valence-corrected chi connectivity index (χ4v) is 11.5. The average molecular weight is 819 g/mol. The van der Waals surface area contributed by atoms with Gasteiger partial charge in [-0.1, -0.05) is 179 Å². The molecule has 13 rings (SSSR count). The van der Waals surface area contributed by atoms with Crippen molar-refractivity contribution in [3.8, 4) is 39.1 Å². The van der Waals surface area contributed by atoms with E-state index in [1.165, 1.54) is 105 Å². The third-order valence-electron chi connectivity index (χ3n) is 14.8. The Labute approximate surface area is 374 Å². The van der Waals surface area contributed by atoms with Crippen LogP contribution in [0.15, 0.2) is 206 Å². The number of hydrogen-bond donors (Lipinski definition) is 0. The average Bonchev–Trinajstić information content (AvgIpc) is 3.88. The summed E-state index contributed by atoms with van der Waals surface area (Å²) in [5.74, 6) is 0. The van der Waals surface area contributed by atoms with Crippen molar-refractivity contribution >= 4 is 60.4 Å². The smallest absolute Gasteiger partial charge is 0.0547 e. The lowest BCUT2D eigenvalue weighted by Crippen LogP contribution is -2.18. The number of rotatable bonds is 5. The largest absolute Gasteiger partial charge is 0.310 e. The first-order chi connectivity index (χ1) is 31.3. The van der Waals surface area contributed by atoms with Crippen molar-refractivity contribution in [1.29, 1.82) is 0 Å². The van der Waals surface area contributed by atoms with Crippen LogP contribution in [-0.2, 0) is 10.8 Å². The summed E-state index contributed by atoms with van der Waals surface area (Å²) in [6, 6.07) is 77.1. The third-order valence-corrected chi connectivity index (χ3v) is 14.8. The Bertz CT molecular complexity index is 3620. The van der Waals surface area contributed by atoms with Crippen LogP contribution in [0.3, 0.4) is 0 Å². The molecule has 0 atom stereocenters. The molecule has 0 spiro atoms. The van der Waals surface area contributed by atoms with E-state index >= 15 is 0 Å². The molecule has 0 amide bonds. The second kappa shape index (κ2) is 13.4. The van der Waals surface area contributed by atoms with Crippen molar-refractivity contribution in [2.24, 2.45) is 0 Å². The summed E-state index contributed by atoms with van der Waals surface area (Å²) in [5, 5.41) is 7.55. The highest BCUT2D eigenvalue weighted by Crippen LogP contribution is 2.53. The van der Waals surface area contributed by atoms with Gasteiger partial charge in [-0.3, -0.25) is 0 Å². The van der Waals surface area contributed by atoms with Crippen molar-refractivity contribution in [3.05, 3.63) is 229 Å². The monoisotopic (exact) mass is 818 g/mol. The number of benzene rings is 10. The first kappa shape index (κ1) is 36.9. The first-order valence-corrected chi connectivity index (χ1v) is 22.6. The molecule has 0 radical (unpaired) electrons. The van der Waals surface area contributed by atoms with Gasteiger partial charge in [0.15, 0.2) is 0 Å². The van der Waals surface area contributed by atoms with Crippen LogP contribution < -0.4 is 4.90 Å². The lowest BCUT2D eigenvalue weighted by Gasteiger charge is -2.30. The van der Waals surface area contributed by atoms with Gasteiger partial charge in [0.2, 0.25) is 0 Å². The van der Waals surface area contributed by atoms with E-state index < -0.39 is 0 Å². The standard InChI is InChI=1S/C62H46N2/c1-61(2)54-22-12-9-18-47(54)49-33-30-43(37-56(49)61)63(44-31-34-50-48-19-10-13-23-55(48)62(3,4)57(50)38-44)42-28-25-39(26-29-42)40-27-32-53-52-21-11-14-24-58(52)64(59(53)35-40)60-36-41-15-5-6-16-45(41)46-17-7-8-20-51(46)60/h5-38H,1-4H3. The number of aromatic nitrogens is 1. The summed E-state index contributed by atoms with van der Waals surface area (Å²) in [6.07, 6.45) is 0. The van der Waals surface area contributed by atoms with E-state index in [-0.39, 0.29) is 10.8 Å². The number of para-hydroxylation sites is 1. The first-order valence-electron chi connectivity index (χ1n) is 22.6. The summed E-state index contributed by atoms with van der Waals surface area (Å²) in [5.41, 5.74) is 20.1. The van der Waals surface area contributed by atoms with Crippen molar-refractivity contribution in [2.45, 2.75) is 38.5 Å². The quantitative estimate of drug-likeness (QED) is 0.157. The van der Waals surface area contributed by atoms with Gasteiger partial charge in [-0.05, 0) is 126 Å². The highest BCUT2D eigenvalue weighted by atomic mass is 15.1. The van der Waals surface area contributed by atoms with Crippen LogP contribution >= 0.6 is 0 Å². The summed E-state index contributed by atoms with van der Waals surface area (Å²) in [7, 11) is 0. The predicted molar refractivity (Wildman–Crippen MR) is 271 cm³/mol. The zero-order valence-corrected chi connectivity index (χ0v) is 36.5. The van der Waals surface area contributed by atoms with Crippen molar-refractivity contribution in [2.75, 3.05) is 4.90 Å². The van der Waals surface area contributed by atoms with Crippen molar-refractivity contribution in [3.63, 3.8) is 0 Å². The molecule has 0 saturated heterocycles. The van der Waals surface area contributed by atoms with Gasteiger partial charge < -0.3 is 9.47 Å². The number of fused-ring (bicyclic) bond motifs is 12. The Morgan fingerprint density at radius 2 is 0.812 bits per heavy atom. The van der Waals surface area contributed by atoms with E-state index in [9.17, 15) is 0 Å². The Morgan fingerprint density at radius 1 is 0.328 bits per heavy atom. The predicted octanol–water partition coefficient (Wildman–Crippen LogP) is 16.8. The minimum Gasteiger partial charge on any atom is -0.310 e. The van der Waals surface area contributed by atoms with Gasteiger partial charge in [-0.25, -0.2) is 0 Å². The fraction of sp³-hybridized carbons (Fsp3) is 0.0968. The van der Waals surface area contributed by atoms with E-state index in [0.29, 0.717) is 0 Å². The van der Waals surface area contributed by atoms with E-state index in [0.717, 1.165) is 17.1 Å². The van der Waals surface area contributed by atoms with Crippen LogP contribution in [0.2, 0.25) is 0 Å². The highest BCUT2D eigenvalue weighted by molar-refractivity contribution is 6.15. The van der Waals surface area contributed by atoms with Crippen molar-refractivity contribution < 1.29 is 0 Å². The van der Waals surface area contributed by atoms with Crippen LogP contribution in [0.1, 0.15) is 49.9 Å². The molecular weight excluding hydrogens is 773 g/mol. The van der Waals surface area contributed by atoms with Gasteiger partial charge in [-0.15, -0.1) is 0 Å². The molecule has 0 unspecified atom stereocenters. The van der Waals surface area contributed by atoms with Crippen LogP contribution in [0.4, 0.5) is 17.1 Å². The maximum absolute atomic E-state index is 2.49. The summed E-state index contributed by atoms with van der Waals surface area (Å²) in [4.78, 5) is 2.47. The van der Waals surface area contributed by atoms with Crippen LogP contribution in [-0.4, -0.2) is 4.57 Å². The molecule has 2 aliphatic carbocycles. The molecule has 11 aromatic rings. The Kier molecular flexibility index (Phi) is 7.74.